The number of aromatic nitrogens is 3. The van der Waals surface area contributed by atoms with E-state index in [9.17, 15) is 0 Å². The zero-order chi connectivity index (χ0) is 20.2. The maximum Gasteiger partial charge on any atom is 0.159 e. The number of fused-ring (bicyclic) bond motifs is 1. The van der Waals surface area contributed by atoms with E-state index < -0.39 is 0 Å². The third-order valence-electron chi connectivity index (χ3n) is 4.43. The van der Waals surface area contributed by atoms with Gasteiger partial charge in [-0.2, -0.15) is 0 Å². The fourth-order valence-corrected chi connectivity index (χ4v) is 2.97. The average Bonchev–Trinajstić information content (AvgIpc) is 2.76. The number of nitrogens with two attached hydrogens (primary N) is 1. The van der Waals surface area contributed by atoms with Gasteiger partial charge in [-0.25, -0.2) is 9.97 Å². The van der Waals surface area contributed by atoms with E-state index in [0.29, 0.717) is 34.5 Å². The van der Waals surface area contributed by atoms with Crippen molar-refractivity contribution in [3.05, 3.63) is 61.1 Å². The molecule has 0 aliphatic carbocycles. The van der Waals surface area contributed by atoms with Crippen LogP contribution in [0.1, 0.15) is 0 Å². The topological polar surface area (TPSA) is 107 Å². The summed E-state index contributed by atoms with van der Waals surface area (Å²) in [4.78, 5) is 13.0. The average molecular weight is 388 g/mol. The second kappa shape index (κ2) is 7.89. The van der Waals surface area contributed by atoms with Crippen LogP contribution in [0, 0.1) is 0 Å². The van der Waals surface area contributed by atoms with E-state index in [2.05, 4.69) is 25.6 Å². The Morgan fingerprint density at radius 1 is 0.828 bits per heavy atom. The van der Waals surface area contributed by atoms with Crippen molar-refractivity contribution in [3.63, 3.8) is 0 Å². The van der Waals surface area contributed by atoms with Crippen molar-refractivity contribution < 1.29 is 9.47 Å². The number of pyridine rings is 1. The number of benzene rings is 2. The third kappa shape index (κ3) is 3.68. The van der Waals surface area contributed by atoms with Crippen molar-refractivity contribution in [3.8, 4) is 11.5 Å². The van der Waals surface area contributed by atoms with E-state index in [-0.39, 0.29) is 0 Å². The molecule has 0 spiro atoms. The molecule has 2 aromatic carbocycles. The number of rotatable bonds is 6. The molecule has 8 nitrogen and oxygen atoms in total. The van der Waals surface area contributed by atoms with Crippen LogP contribution < -0.4 is 25.8 Å². The Bertz CT molecular complexity index is 1160. The molecule has 0 unspecified atom stereocenters. The molecule has 0 atom stereocenters. The predicted molar refractivity (Wildman–Crippen MR) is 114 cm³/mol. The number of nitrogens with one attached hydrogen (secondary N) is 2. The maximum atomic E-state index is 6.34. The van der Waals surface area contributed by atoms with E-state index >= 15 is 0 Å². The lowest BCUT2D eigenvalue weighted by atomic mass is 10.2. The van der Waals surface area contributed by atoms with Gasteiger partial charge < -0.3 is 25.8 Å². The molecule has 0 bridgehead atoms. The Hall–Kier alpha value is -4.07. The zero-order valence-corrected chi connectivity index (χ0v) is 16.0. The monoisotopic (exact) mass is 388 g/mol. The summed E-state index contributed by atoms with van der Waals surface area (Å²) in [6, 6.07) is 15.2. The Morgan fingerprint density at radius 2 is 1.59 bits per heavy atom. The molecule has 0 aliphatic heterocycles. The molecule has 2 aromatic heterocycles. The first-order chi connectivity index (χ1) is 14.2. The summed E-state index contributed by atoms with van der Waals surface area (Å²) < 4.78 is 10.7. The minimum Gasteiger partial charge on any atom is -0.497 e. The molecule has 4 rings (SSSR count). The summed E-state index contributed by atoms with van der Waals surface area (Å²) in [5.41, 5.74) is 9.02. The van der Waals surface area contributed by atoms with Crippen LogP contribution in [-0.4, -0.2) is 29.2 Å². The second-order valence-corrected chi connectivity index (χ2v) is 6.18. The van der Waals surface area contributed by atoms with E-state index in [4.69, 9.17) is 15.2 Å². The first-order valence-corrected chi connectivity index (χ1v) is 8.90. The van der Waals surface area contributed by atoms with Gasteiger partial charge in [-0.05, 0) is 24.3 Å². The van der Waals surface area contributed by atoms with Crippen LogP contribution in [0.3, 0.4) is 0 Å². The number of nitrogens with zero attached hydrogens (tertiary/aromatic N) is 3. The number of anilines is 5. The predicted octanol–water partition coefficient (Wildman–Crippen LogP) is 4.11. The van der Waals surface area contributed by atoms with Crippen LogP contribution in [0.2, 0.25) is 0 Å². The molecule has 0 saturated carbocycles. The van der Waals surface area contributed by atoms with E-state index in [0.717, 1.165) is 16.6 Å². The largest absolute Gasteiger partial charge is 0.497 e. The van der Waals surface area contributed by atoms with Crippen molar-refractivity contribution in [2.75, 3.05) is 30.6 Å². The lowest BCUT2D eigenvalue weighted by Gasteiger charge is -2.15. The highest BCUT2D eigenvalue weighted by atomic mass is 16.5. The standard InChI is InChI=1S/C21H20N6O2/c1-28-14-8-9-17(29-2)16(11-14)27-21-18(22)20(24-12-25-21)26-15-7-3-5-13-6-4-10-23-19(13)15/h3-12H,22H2,1-2H3,(H2,24,25,26,27). The van der Waals surface area contributed by atoms with E-state index in [1.807, 2.05) is 42.5 Å². The molecule has 0 aliphatic rings. The van der Waals surface area contributed by atoms with Crippen LogP contribution in [0.4, 0.5) is 28.7 Å². The van der Waals surface area contributed by atoms with Gasteiger partial charge in [0, 0.05) is 17.6 Å². The Morgan fingerprint density at radius 3 is 2.34 bits per heavy atom. The summed E-state index contributed by atoms with van der Waals surface area (Å²) in [6.07, 6.45) is 3.19. The quantitative estimate of drug-likeness (QED) is 0.453. The van der Waals surface area contributed by atoms with Gasteiger partial charge in [-0.3, -0.25) is 4.98 Å². The van der Waals surface area contributed by atoms with Crippen LogP contribution in [-0.2, 0) is 0 Å². The first-order valence-electron chi connectivity index (χ1n) is 8.90. The lowest BCUT2D eigenvalue weighted by Crippen LogP contribution is -2.06. The number of hydrogen-bond donors (Lipinski definition) is 3. The molecule has 2 heterocycles. The molecule has 8 heteroatoms. The molecule has 146 valence electrons. The van der Waals surface area contributed by atoms with Crippen LogP contribution >= 0.6 is 0 Å². The number of hydrogen-bond acceptors (Lipinski definition) is 8. The molecule has 0 saturated heterocycles. The van der Waals surface area contributed by atoms with Crippen molar-refractivity contribution >= 4 is 39.6 Å². The van der Waals surface area contributed by atoms with Gasteiger partial charge in [0.15, 0.2) is 11.6 Å². The lowest BCUT2D eigenvalue weighted by molar-refractivity contribution is 0.405. The minimum absolute atomic E-state index is 0.366. The Labute approximate surface area is 167 Å². The molecule has 0 radical (unpaired) electrons. The van der Waals surface area contributed by atoms with Gasteiger partial charge in [0.2, 0.25) is 0 Å². The summed E-state index contributed by atoms with van der Waals surface area (Å²) >= 11 is 0. The first kappa shape index (κ1) is 18.3. The fraction of sp³-hybridized carbons (Fsp3) is 0.0952. The van der Waals surface area contributed by atoms with Crippen molar-refractivity contribution in [2.45, 2.75) is 0 Å². The molecular formula is C21H20N6O2. The third-order valence-corrected chi connectivity index (χ3v) is 4.43. The minimum atomic E-state index is 0.366. The molecule has 4 N–H and O–H groups in total. The van der Waals surface area contributed by atoms with Crippen LogP contribution in [0.25, 0.3) is 10.9 Å². The van der Waals surface area contributed by atoms with Crippen molar-refractivity contribution in [2.24, 2.45) is 0 Å². The summed E-state index contributed by atoms with van der Waals surface area (Å²) in [5, 5.41) is 7.47. The summed E-state index contributed by atoms with van der Waals surface area (Å²) in [6.45, 7) is 0. The van der Waals surface area contributed by atoms with Crippen molar-refractivity contribution in [1.82, 2.24) is 15.0 Å². The number of ether oxygens (including phenoxy) is 2. The highest BCUT2D eigenvalue weighted by Crippen LogP contribution is 2.35. The molecular weight excluding hydrogens is 368 g/mol. The molecule has 29 heavy (non-hydrogen) atoms. The summed E-state index contributed by atoms with van der Waals surface area (Å²) in [7, 11) is 3.20. The molecule has 0 fully saturated rings. The van der Waals surface area contributed by atoms with Gasteiger partial charge >= 0.3 is 0 Å². The normalized spacial score (nSPS) is 10.6. The van der Waals surface area contributed by atoms with Gasteiger partial charge in [0.25, 0.3) is 0 Å². The zero-order valence-electron chi connectivity index (χ0n) is 16.0. The van der Waals surface area contributed by atoms with Gasteiger partial charge in [-0.1, -0.05) is 18.2 Å². The van der Waals surface area contributed by atoms with E-state index in [1.54, 1.807) is 26.5 Å². The van der Waals surface area contributed by atoms with Crippen molar-refractivity contribution in [1.29, 1.82) is 0 Å². The highest BCUT2D eigenvalue weighted by molar-refractivity contribution is 5.93. The number of para-hydroxylation sites is 1. The Balaban J connectivity index is 1.68. The molecule has 0 amide bonds. The Kier molecular flexibility index (Phi) is 4.98. The maximum absolute atomic E-state index is 6.34. The molecule has 4 aromatic rings. The van der Waals surface area contributed by atoms with E-state index in [1.165, 1.54) is 6.33 Å². The van der Waals surface area contributed by atoms with Gasteiger partial charge in [0.1, 0.15) is 23.5 Å². The smallest absolute Gasteiger partial charge is 0.159 e. The second-order valence-electron chi connectivity index (χ2n) is 6.18. The van der Waals surface area contributed by atoms with Crippen LogP contribution in [0.15, 0.2) is 61.1 Å². The summed E-state index contributed by atoms with van der Waals surface area (Å²) in [5.74, 6) is 2.24. The van der Waals surface area contributed by atoms with Gasteiger partial charge in [-0.15, -0.1) is 0 Å². The number of methoxy groups -OCH3 is 2. The fourth-order valence-electron chi connectivity index (χ4n) is 2.97. The van der Waals surface area contributed by atoms with Gasteiger partial charge in [0.05, 0.1) is 31.1 Å². The number of nitrogen functional groups attached to an aromatic ring is 1. The highest BCUT2D eigenvalue weighted by Gasteiger charge is 2.13. The van der Waals surface area contributed by atoms with Crippen LogP contribution in [0.5, 0.6) is 11.5 Å². The SMILES string of the molecule is COc1ccc(OC)c(Nc2ncnc(Nc3cccc4cccnc34)c2N)c1.